The molecule has 13 atom stereocenters. The zero-order chi connectivity index (χ0) is 45.9. The lowest BCUT2D eigenvalue weighted by atomic mass is 9.73. The van der Waals surface area contributed by atoms with Crippen LogP contribution in [0.25, 0.3) is 11.3 Å². The van der Waals surface area contributed by atoms with Crippen LogP contribution in [0.15, 0.2) is 33.9 Å². The summed E-state index contributed by atoms with van der Waals surface area (Å²) in [5.74, 6) is -6.14. The van der Waals surface area contributed by atoms with Crippen molar-refractivity contribution in [1.29, 1.82) is 0 Å². The number of nitrogens with zero attached hydrogens (tertiary/aromatic N) is 5. The summed E-state index contributed by atoms with van der Waals surface area (Å²) >= 11 is 1.32. The molecule has 5 heterocycles. The van der Waals surface area contributed by atoms with Gasteiger partial charge in [0.25, 0.3) is 5.67 Å². The Hall–Kier alpha value is -3.82. The van der Waals surface area contributed by atoms with E-state index in [9.17, 15) is 24.6 Å². The molecule has 62 heavy (non-hydrogen) atoms. The first kappa shape index (κ1) is 49.2. The Morgan fingerprint density at radius 1 is 1.13 bits per heavy atom. The Morgan fingerprint density at radius 2 is 1.84 bits per heavy atom. The second-order valence-electron chi connectivity index (χ2n) is 17.6. The average molecular weight is 891 g/mol. The van der Waals surface area contributed by atoms with Crippen LogP contribution in [-0.4, -0.2) is 141 Å². The van der Waals surface area contributed by atoms with Gasteiger partial charge in [-0.15, -0.1) is 11.3 Å². The number of thiazole rings is 1. The Morgan fingerprint density at radius 3 is 2.44 bits per heavy atom. The van der Waals surface area contributed by atoms with Crippen LogP contribution in [0.2, 0.25) is 0 Å². The van der Waals surface area contributed by atoms with Crippen LogP contribution < -0.4 is 5.73 Å². The van der Waals surface area contributed by atoms with Gasteiger partial charge in [0.15, 0.2) is 23.8 Å². The lowest BCUT2D eigenvalue weighted by molar-refractivity contribution is -0.296. The van der Waals surface area contributed by atoms with Crippen molar-refractivity contribution in [3.8, 4) is 11.3 Å². The van der Waals surface area contributed by atoms with Gasteiger partial charge in [0.2, 0.25) is 5.91 Å². The van der Waals surface area contributed by atoms with Crippen molar-refractivity contribution < 1.29 is 57.5 Å². The number of aliphatic hydroxyl groups is 2. The summed E-state index contributed by atoms with van der Waals surface area (Å²) in [5.41, 5.74) is 1.44. The van der Waals surface area contributed by atoms with E-state index >= 15 is 4.39 Å². The number of fused-ring (bicyclic) bond motifs is 5. The number of pyridine rings is 1. The highest BCUT2D eigenvalue weighted by atomic mass is 32.1. The third kappa shape index (κ3) is 10.9. The first-order valence-electron chi connectivity index (χ1n) is 21.0. The van der Waals surface area contributed by atoms with Gasteiger partial charge < -0.3 is 49.4 Å². The summed E-state index contributed by atoms with van der Waals surface area (Å²) < 4.78 is 48.8. The fraction of sp³-hybridized carbons (Fsp3) is 0.698. The van der Waals surface area contributed by atoms with Gasteiger partial charge in [-0.25, -0.2) is 19.2 Å². The third-order valence-electron chi connectivity index (χ3n) is 12.2. The van der Waals surface area contributed by atoms with Crippen LogP contribution >= 0.6 is 11.3 Å². The van der Waals surface area contributed by atoms with Gasteiger partial charge in [0.1, 0.15) is 23.5 Å². The summed E-state index contributed by atoms with van der Waals surface area (Å²) in [4.78, 5) is 62.0. The number of hydrogen-bond donors (Lipinski definition) is 3. The highest BCUT2D eigenvalue weighted by molar-refractivity contribution is 7.13. The van der Waals surface area contributed by atoms with E-state index in [1.165, 1.54) is 32.1 Å². The van der Waals surface area contributed by atoms with Crippen LogP contribution in [0.4, 0.5) is 9.52 Å². The molecule has 0 saturated carbocycles. The number of ketones is 1. The highest BCUT2D eigenvalue weighted by Gasteiger charge is 2.56. The van der Waals surface area contributed by atoms with Crippen LogP contribution in [-0.2, 0) is 49.5 Å². The van der Waals surface area contributed by atoms with E-state index in [-0.39, 0.29) is 38.4 Å². The molecular formula is C43H63FN6O11S. The summed E-state index contributed by atoms with van der Waals surface area (Å²) in [6.07, 6.45) is -4.90. The minimum Gasteiger partial charge on any atom is -0.457 e. The van der Waals surface area contributed by atoms with E-state index in [0.717, 1.165) is 12.5 Å². The molecule has 3 fully saturated rings. The minimum atomic E-state index is -3.23. The van der Waals surface area contributed by atoms with Gasteiger partial charge in [0.05, 0.1) is 48.5 Å². The lowest BCUT2D eigenvalue weighted by Crippen LogP contribution is -2.61. The first-order chi connectivity index (χ1) is 29.0. The fourth-order valence-corrected chi connectivity index (χ4v) is 9.45. The normalized spacial score (nSPS) is 38.0. The monoisotopic (exact) mass is 890 g/mol. The molecule has 0 aliphatic carbocycles. The van der Waals surface area contributed by atoms with E-state index in [1.807, 2.05) is 44.3 Å². The van der Waals surface area contributed by atoms with E-state index in [2.05, 4.69) is 20.1 Å². The van der Waals surface area contributed by atoms with Crippen molar-refractivity contribution in [1.82, 2.24) is 14.9 Å². The second kappa shape index (κ2) is 19.9. The summed E-state index contributed by atoms with van der Waals surface area (Å²) in [6.45, 7) is 12.9. The van der Waals surface area contributed by atoms with Gasteiger partial charge in [-0.05, 0) is 79.1 Å². The van der Waals surface area contributed by atoms with Crippen LogP contribution in [0.5, 0.6) is 0 Å². The Bertz CT molecular complexity index is 1960. The molecule has 2 bridgehead atoms. The molecule has 0 radical (unpaired) electrons. The van der Waals surface area contributed by atoms with Crippen molar-refractivity contribution in [2.24, 2.45) is 27.9 Å². The smallest absolute Gasteiger partial charge is 0.351 e. The van der Waals surface area contributed by atoms with Gasteiger partial charge in [-0.1, -0.05) is 32.9 Å². The van der Waals surface area contributed by atoms with Crippen LogP contribution in [0.3, 0.4) is 0 Å². The number of carbonyl (C=O) groups excluding carboxylic acids is 3. The highest BCUT2D eigenvalue weighted by Crippen LogP contribution is 2.41. The number of ether oxygens (including phenoxy) is 5. The SMILES string of the molecule is CC[C@H]1OC(=O)[C@@](C)(F)C(=O)[C@H](C)[C@@H](O[C@@H]2O[C@H](C)C[C@H](N(C)C)[C@H]2O)[C@@]2(C)C[C@@H](C)C(=NC(C)=O)[C@H](C)[C@H](OC/C(=N\OCc3ccc(-c4csc(N)n4)cn3)CO2)[C@]1(C)O. The molecule has 17 nitrogen and oxygen atoms in total. The molecule has 344 valence electrons. The number of halogens is 1. The second-order valence-corrected chi connectivity index (χ2v) is 18.5. The van der Waals surface area contributed by atoms with E-state index in [4.69, 9.17) is 34.3 Å². The first-order valence-corrected chi connectivity index (χ1v) is 21.9. The van der Waals surface area contributed by atoms with Crippen molar-refractivity contribution in [2.45, 2.75) is 148 Å². The molecule has 2 aromatic rings. The van der Waals surface area contributed by atoms with E-state index in [0.29, 0.717) is 28.7 Å². The number of anilines is 1. The van der Waals surface area contributed by atoms with Gasteiger partial charge in [-0.2, -0.15) is 0 Å². The number of esters is 1. The quantitative estimate of drug-likeness (QED) is 0.191. The zero-order valence-corrected chi connectivity index (χ0v) is 38.3. The standard InChI is InChI=1S/C43H63FN6O11S/c1-12-32-43(9,55)37-24(4)33(47-26(6)51)22(2)16-41(7,57-19-29(18-56-37)49-58-20-28-14-13-27(17-46-28)30-21-62-40(45)48-30)36(25(5)35(53)42(8,44)39(54)60-32)61-38-34(52)31(50(10)11)15-23(3)59-38/h13-14,17,21-25,31-32,34,36-38,52,55H,12,15-16,18-20H2,1-11H3,(H2,45,48)/b47-33?,49-29+/t22-,23-,24+,25+,31+,32-,34-,36-,37+,38+,41-,42+,43-/m1/s1. The molecule has 3 aliphatic heterocycles. The maximum Gasteiger partial charge on any atom is 0.351 e. The van der Waals surface area contributed by atoms with Gasteiger partial charge in [-0.3, -0.25) is 14.6 Å². The maximum absolute atomic E-state index is 16.9. The number of likely N-dealkylation sites (N-methyl/N-ethyl adjacent to an activating group) is 1. The predicted molar refractivity (Wildman–Crippen MR) is 229 cm³/mol. The number of alkyl halides is 1. The number of aromatic nitrogens is 2. The molecule has 0 spiro atoms. The third-order valence-corrected chi connectivity index (χ3v) is 12.9. The molecule has 2 aromatic heterocycles. The zero-order valence-electron chi connectivity index (χ0n) is 37.5. The number of aliphatic hydroxyl groups excluding tert-OH is 1. The Kier molecular flexibility index (Phi) is 15.8. The molecule has 3 aliphatic rings. The number of amides is 1. The molecule has 0 unspecified atom stereocenters. The molecule has 3 saturated heterocycles. The Balaban J connectivity index is 1.65. The number of Topliss-reactive ketones (excluding diaryl/α,β-unsaturated/α-hetero) is 1. The van der Waals surface area contributed by atoms with Crippen molar-refractivity contribution >= 4 is 45.6 Å². The van der Waals surface area contributed by atoms with Crippen LogP contribution in [0.1, 0.15) is 87.3 Å². The van der Waals surface area contributed by atoms with Crippen LogP contribution in [0, 0.1) is 17.8 Å². The molecule has 0 aromatic carbocycles. The summed E-state index contributed by atoms with van der Waals surface area (Å²) in [5, 5.41) is 30.7. The predicted octanol–water partition coefficient (Wildman–Crippen LogP) is 4.31. The molecular weight excluding hydrogens is 828 g/mol. The number of oxime groups is 1. The van der Waals surface area contributed by atoms with Crippen molar-refractivity contribution in [3.63, 3.8) is 0 Å². The minimum absolute atomic E-state index is 0.00419. The topological polar surface area (TPSA) is 227 Å². The van der Waals surface area contributed by atoms with Crippen molar-refractivity contribution in [2.75, 3.05) is 33.0 Å². The lowest BCUT2D eigenvalue weighted by Gasteiger charge is -2.47. The van der Waals surface area contributed by atoms with Gasteiger partial charge >= 0.3 is 5.97 Å². The van der Waals surface area contributed by atoms with E-state index < -0.39 is 95.1 Å². The van der Waals surface area contributed by atoms with Gasteiger partial charge in [0, 0.05) is 47.7 Å². The number of nitrogens with two attached hydrogens (primary N) is 1. The average Bonchev–Trinajstić information content (AvgIpc) is 3.64. The number of carbonyl (C=O) groups is 3. The Labute approximate surface area is 366 Å². The largest absolute Gasteiger partial charge is 0.457 e. The number of cyclic esters (lactones) is 1. The number of hydrogen-bond acceptors (Lipinski definition) is 17. The number of aliphatic imine (C=N–C) groups is 1. The summed E-state index contributed by atoms with van der Waals surface area (Å²) in [7, 11) is 3.63. The molecule has 19 heteroatoms. The summed E-state index contributed by atoms with van der Waals surface area (Å²) in [6, 6.07) is 3.18. The molecule has 1 amide bonds. The number of nitrogen functional groups attached to an aromatic ring is 1. The fourth-order valence-electron chi connectivity index (χ4n) is 8.88. The van der Waals surface area contributed by atoms with Crippen molar-refractivity contribution in [3.05, 3.63) is 29.4 Å². The van der Waals surface area contributed by atoms with E-state index in [1.54, 1.807) is 33.0 Å². The molecule has 5 rings (SSSR count). The number of rotatable bonds is 8. The molecule has 4 N–H and O–H groups in total. The maximum atomic E-state index is 16.9.